The molecule has 0 spiro atoms. The molecule has 6 nitrogen and oxygen atoms in total. The number of para-hydroxylation sites is 1. The van der Waals surface area contributed by atoms with Crippen molar-refractivity contribution in [3.63, 3.8) is 0 Å². The second-order valence-electron chi connectivity index (χ2n) is 6.92. The molecule has 0 saturated carbocycles. The minimum Gasteiger partial charge on any atom is -0.460 e. The summed E-state index contributed by atoms with van der Waals surface area (Å²) < 4.78 is 7.48. The summed E-state index contributed by atoms with van der Waals surface area (Å²) in [6.07, 6.45) is 3.93. The normalized spacial score (nSPS) is 15.8. The van der Waals surface area contributed by atoms with Crippen LogP contribution in [0.15, 0.2) is 58.2 Å². The molecule has 1 aliphatic heterocycles. The monoisotopic (exact) mass is 426 g/mol. The van der Waals surface area contributed by atoms with Crippen LogP contribution in [0.4, 0.5) is 0 Å². The Labute approximate surface area is 178 Å². The Kier molecular flexibility index (Phi) is 5.82. The molecular formula is C21H22N4O2S2. The van der Waals surface area contributed by atoms with Crippen LogP contribution < -0.4 is 5.43 Å². The summed E-state index contributed by atoms with van der Waals surface area (Å²) in [5.41, 5.74) is 5.02. The molecule has 3 aromatic rings. The lowest BCUT2D eigenvalue weighted by atomic mass is 10.2. The van der Waals surface area contributed by atoms with Gasteiger partial charge in [-0.3, -0.25) is 4.79 Å². The Morgan fingerprint density at radius 2 is 2.03 bits per heavy atom. The summed E-state index contributed by atoms with van der Waals surface area (Å²) in [4.78, 5) is 12.3. The molecule has 0 aliphatic carbocycles. The standard InChI is InChI=1S/C21H22N4O2S2/c1-15-8-9-18(27-15)20-16(14-25(24-20)17-6-4-3-5-7-17)13-22-23-19(26)12-21(2)28-10-11-29-21/h3-9,13-14H,10-12H2,1-2H3,(H,23,26)/b22-13-. The summed E-state index contributed by atoms with van der Waals surface area (Å²) in [6.45, 7) is 4.01. The van der Waals surface area contributed by atoms with Crippen molar-refractivity contribution < 1.29 is 9.21 Å². The van der Waals surface area contributed by atoms with E-state index in [4.69, 9.17) is 4.42 Å². The summed E-state index contributed by atoms with van der Waals surface area (Å²) in [7, 11) is 0. The van der Waals surface area contributed by atoms with Gasteiger partial charge in [-0.05, 0) is 38.1 Å². The maximum atomic E-state index is 12.3. The third kappa shape index (κ3) is 4.76. The molecule has 1 fully saturated rings. The van der Waals surface area contributed by atoms with E-state index in [1.54, 1.807) is 10.9 Å². The zero-order chi connectivity index (χ0) is 20.3. The second kappa shape index (κ2) is 8.51. The number of nitrogens with zero attached hydrogens (tertiary/aromatic N) is 3. The average molecular weight is 427 g/mol. The van der Waals surface area contributed by atoms with E-state index in [0.717, 1.165) is 28.5 Å². The highest BCUT2D eigenvalue weighted by atomic mass is 32.2. The Morgan fingerprint density at radius 3 is 2.72 bits per heavy atom. The predicted molar refractivity (Wildman–Crippen MR) is 120 cm³/mol. The molecule has 1 amide bonds. The molecule has 3 heterocycles. The zero-order valence-corrected chi connectivity index (χ0v) is 17.9. The maximum Gasteiger partial charge on any atom is 0.242 e. The minimum atomic E-state index is -0.0866. The molecule has 1 N–H and O–H groups in total. The van der Waals surface area contributed by atoms with Gasteiger partial charge in [-0.25, -0.2) is 10.1 Å². The van der Waals surface area contributed by atoms with Crippen LogP contribution in [-0.2, 0) is 4.79 Å². The van der Waals surface area contributed by atoms with Gasteiger partial charge in [-0.15, -0.1) is 23.5 Å². The molecule has 150 valence electrons. The number of rotatable bonds is 6. The van der Waals surface area contributed by atoms with Crippen LogP contribution in [0.5, 0.6) is 0 Å². The van der Waals surface area contributed by atoms with E-state index in [1.165, 1.54) is 0 Å². The number of thioether (sulfide) groups is 2. The van der Waals surface area contributed by atoms with Gasteiger partial charge in [-0.1, -0.05) is 18.2 Å². The number of amides is 1. The first-order valence-electron chi connectivity index (χ1n) is 9.34. The van der Waals surface area contributed by atoms with Crippen molar-refractivity contribution in [1.82, 2.24) is 15.2 Å². The molecular weight excluding hydrogens is 404 g/mol. The number of benzene rings is 1. The maximum absolute atomic E-state index is 12.3. The third-order valence-corrected chi connectivity index (χ3v) is 7.80. The van der Waals surface area contributed by atoms with E-state index >= 15 is 0 Å². The smallest absolute Gasteiger partial charge is 0.242 e. The van der Waals surface area contributed by atoms with Crippen LogP contribution in [0.1, 0.15) is 24.7 Å². The van der Waals surface area contributed by atoms with E-state index in [1.807, 2.05) is 79.1 Å². The van der Waals surface area contributed by atoms with Gasteiger partial charge in [0.25, 0.3) is 0 Å². The Balaban J connectivity index is 1.54. The fourth-order valence-corrected chi connectivity index (χ4v) is 5.94. The van der Waals surface area contributed by atoms with Crippen molar-refractivity contribution in [1.29, 1.82) is 0 Å². The van der Waals surface area contributed by atoms with Crippen LogP contribution in [0.2, 0.25) is 0 Å². The van der Waals surface area contributed by atoms with E-state index < -0.39 is 0 Å². The number of hydrogen-bond acceptors (Lipinski definition) is 6. The highest BCUT2D eigenvalue weighted by Gasteiger charge is 2.32. The van der Waals surface area contributed by atoms with E-state index in [2.05, 4.69) is 22.5 Å². The van der Waals surface area contributed by atoms with Crippen molar-refractivity contribution in [2.24, 2.45) is 5.10 Å². The van der Waals surface area contributed by atoms with Crippen LogP contribution in [0.25, 0.3) is 17.1 Å². The van der Waals surface area contributed by atoms with Crippen molar-refractivity contribution in [2.75, 3.05) is 11.5 Å². The number of carbonyl (C=O) groups is 1. The van der Waals surface area contributed by atoms with Gasteiger partial charge in [0, 0.05) is 23.3 Å². The topological polar surface area (TPSA) is 72.4 Å². The van der Waals surface area contributed by atoms with Gasteiger partial charge in [-0.2, -0.15) is 10.2 Å². The Morgan fingerprint density at radius 1 is 1.28 bits per heavy atom. The van der Waals surface area contributed by atoms with Gasteiger partial charge in [0.15, 0.2) is 5.76 Å². The average Bonchev–Trinajstić information content (AvgIpc) is 3.42. The molecule has 0 atom stereocenters. The molecule has 0 unspecified atom stereocenters. The summed E-state index contributed by atoms with van der Waals surface area (Å²) in [6, 6.07) is 13.6. The molecule has 29 heavy (non-hydrogen) atoms. The highest BCUT2D eigenvalue weighted by Crippen LogP contribution is 2.45. The van der Waals surface area contributed by atoms with Crippen LogP contribution >= 0.6 is 23.5 Å². The number of furan rings is 1. The number of nitrogens with one attached hydrogen (secondary N) is 1. The van der Waals surface area contributed by atoms with Crippen LogP contribution in [-0.4, -0.2) is 37.5 Å². The van der Waals surface area contributed by atoms with Crippen LogP contribution in [0, 0.1) is 6.92 Å². The number of carbonyl (C=O) groups excluding carboxylic acids is 1. The van der Waals surface area contributed by atoms with E-state index in [9.17, 15) is 4.79 Å². The first-order chi connectivity index (χ1) is 14.0. The first-order valence-corrected chi connectivity index (χ1v) is 11.3. The zero-order valence-electron chi connectivity index (χ0n) is 16.3. The van der Waals surface area contributed by atoms with Gasteiger partial charge in [0.2, 0.25) is 5.91 Å². The Hall–Kier alpha value is -2.45. The predicted octanol–water partition coefficient (Wildman–Crippen LogP) is 4.48. The van der Waals surface area contributed by atoms with Gasteiger partial charge in [0.1, 0.15) is 11.5 Å². The molecule has 8 heteroatoms. The summed E-state index contributed by atoms with van der Waals surface area (Å²) >= 11 is 3.66. The van der Waals surface area contributed by atoms with E-state index in [-0.39, 0.29) is 9.99 Å². The second-order valence-corrected chi connectivity index (χ2v) is 10.4. The van der Waals surface area contributed by atoms with E-state index in [0.29, 0.717) is 17.9 Å². The first kappa shape index (κ1) is 19.8. The van der Waals surface area contributed by atoms with Crippen molar-refractivity contribution in [2.45, 2.75) is 24.3 Å². The lowest BCUT2D eigenvalue weighted by Crippen LogP contribution is -2.26. The van der Waals surface area contributed by atoms with Crippen molar-refractivity contribution in [3.8, 4) is 17.1 Å². The number of hydrogen-bond donors (Lipinski definition) is 1. The quantitative estimate of drug-likeness (QED) is 0.465. The molecule has 1 aliphatic rings. The van der Waals surface area contributed by atoms with Gasteiger partial charge >= 0.3 is 0 Å². The molecule has 2 aromatic heterocycles. The summed E-state index contributed by atoms with van der Waals surface area (Å²) in [5, 5.41) is 8.84. The fraction of sp³-hybridized carbons (Fsp3) is 0.286. The fourth-order valence-electron chi connectivity index (χ4n) is 3.11. The van der Waals surface area contributed by atoms with Gasteiger partial charge in [0.05, 0.1) is 22.4 Å². The highest BCUT2D eigenvalue weighted by molar-refractivity contribution is 8.21. The van der Waals surface area contributed by atoms with Crippen molar-refractivity contribution in [3.05, 3.63) is 60.0 Å². The SMILES string of the molecule is Cc1ccc(-c2nn(-c3ccccc3)cc2/C=N\NC(=O)CC2(C)SCCS2)o1. The molecule has 1 aromatic carbocycles. The molecule has 0 bridgehead atoms. The number of hydrazone groups is 1. The minimum absolute atomic E-state index is 0.0609. The number of aromatic nitrogens is 2. The molecule has 1 saturated heterocycles. The third-order valence-electron chi connectivity index (χ3n) is 4.51. The molecule has 0 radical (unpaired) electrons. The lowest BCUT2D eigenvalue weighted by molar-refractivity contribution is -0.121. The lowest BCUT2D eigenvalue weighted by Gasteiger charge is -2.19. The Bertz CT molecular complexity index is 1020. The van der Waals surface area contributed by atoms with Crippen molar-refractivity contribution >= 4 is 35.6 Å². The summed E-state index contributed by atoms with van der Waals surface area (Å²) in [5.74, 6) is 3.56. The van der Waals surface area contributed by atoms with Gasteiger partial charge < -0.3 is 4.42 Å². The largest absolute Gasteiger partial charge is 0.460 e. The molecule has 4 rings (SSSR count). The number of aryl methyl sites for hydroxylation is 1. The van der Waals surface area contributed by atoms with Crippen LogP contribution in [0.3, 0.4) is 0 Å².